The van der Waals surface area contributed by atoms with Crippen LogP contribution in [-0.4, -0.2) is 47.0 Å². The summed E-state index contributed by atoms with van der Waals surface area (Å²) in [6.07, 6.45) is 1.79. The Hall–Kier alpha value is -4.50. The number of pyridine rings is 1. The van der Waals surface area contributed by atoms with Crippen molar-refractivity contribution in [1.82, 2.24) is 14.8 Å². The highest BCUT2D eigenvalue weighted by Gasteiger charge is 2.17. The molecule has 0 aliphatic carbocycles. The van der Waals surface area contributed by atoms with Crippen LogP contribution in [0.1, 0.15) is 42.3 Å². The third kappa shape index (κ3) is 6.30. The van der Waals surface area contributed by atoms with Crippen molar-refractivity contribution in [2.45, 2.75) is 33.1 Å². The van der Waals surface area contributed by atoms with E-state index in [0.29, 0.717) is 36.0 Å². The van der Waals surface area contributed by atoms with Crippen LogP contribution >= 0.6 is 0 Å². The molecule has 0 saturated carbocycles. The van der Waals surface area contributed by atoms with Crippen LogP contribution in [0.5, 0.6) is 0 Å². The highest BCUT2D eigenvalue weighted by atomic mass is 16.5. The maximum Gasteiger partial charge on any atom is 0.274 e. The third-order valence-electron chi connectivity index (χ3n) is 7.34. The zero-order chi connectivity index (χ0) is 29.1. The number of morpholine rings is 1. The van der Waals surface area contributed by atoms with Crippen LogP contribution in [0.2, 0.25) is 0 Å². The fraction of sp³-hybridized carbons (Fsp3) is 0.312. The number of aromatic nitrogens is 3. The van der Waals surface area contributed by atoms with Crippen molar-refractivity contribution >= 4 is 28.9 Å². The molecule has 2 aromatic heterocycles. The molecule has 0 spiro atoms. The van der Waals surface area contributed by atoms with E-state index in [9.17, 15) is 9.59 Å². The molecule has 1 fully saturated rings. The van der Waals surface area contributed by atoms with Crippen molar-refractivity contribution in [3.8, 4) is 11.1 Å². The molecule has 212 valence electrons. The lowest BCUT2D eigenvalue weighted by Gasteiger charge is -2.27. The molecular formula is C32H36N6O3. The van der Waals surface area contributed by atoms with Crippen molar-refractivity contribution in [3.05, 3.63) is 93.9 Å². The van der Waals surface area contributed by atoms with Gasteiger partial charge < -0.3 is 24.8 Å². The Morgan fingerprint density at radius 1 is 0.951 bits per heavy atom. The number of amides is 1. The maximum absolute atomic E-state index is 13.1. The molecule has 1 amide bonds. The van der Waals surface area contributed by atoms with E-state index in [-0.39, 0.29) is 16.9 Å². The minimum absolute atomic E-state index is 0.0162. The van der Waals surface area contributed by atoms with Crippen molar-refractivity contribution in [3.63, 3.8) is 0 Å². The van der Waals surface area contributed by atoms with Gasteiger partial charge in [0, 0.05) is 43.1 Å². The van der Waals surface area contributed by atoms with Gasteiger partial charge in [-0.25, -0.2) is 0 Å². The standard InChI is InChI=1S/C32H36N6O3/c1-21-25(7-6-8-26(21)34-30(39)22-9-11-24(12-10-22)32(2,3)4)23-19-27(31(40)37(5)20-23)33-28-13-14-29(36-35-28)38-15-17-41-18-16-38/h6-14,19-20H,15-18H2,1-5H3,(H,33,35)(H,34,39). The van der Waals surface area contributed by atoms with Gasteiger partial charge in [-0.2, -0.15) is 0 Å². The lowest BCUT2D eigenvalue weighted by molar-refractivity contribution is 0.102. The molecule has 2 aromatic carbocycles. The van der Waals surface area contributed by atoms with Crippen molar-refractivity contribution in [1.29, 1.82) is 0 Å². The molecule has 0 bridgehead atoms. The quantitative estimate of drug-likeness (QED) is 0.336. The summed E-state index contributed by atoms with van der Waals surface area (Å²) in [4.78, 5) is 28.2. The average Bonchev–Trinajstić information content (AvgIpc) is 2.97. The molecule has 9 nitrogen and oxygen atoms in total. The van der Waals surface area contributed by atoms with Gasteiger partial charge in [0.2, 0.25) is 0 Å². The van der Waals surface area contributed by atoms with Crippen LogP contribution in [0.15, 0.2) is 71.7 Å². The van der Waals surface area contributed by atoms with Crippen molar-refractivity contribution in [2.75, 3.05) is 41.8 Å². The molecule has 41 heavy (non-hydrogen) atoms. The molecule has 9 heteroatoms. The second-order valence-electron chi connectivity index (χ2n) is 11.3. The lowest BCUT2D eigenvalue weighted by Crippen LogP contribution is -2.36. The molecule has 5 rings (SSSR count). The number of hydrogen-bond acceptors (Lipinski definition) is 7. The lowest BCUT2D eigenvalue weighted by atomic mass is 9.86. The van der Waals surface area contributed by atoms with E-state index >= 15 is 0 Å². The van der Waals surface area contributed by atoms with E-state index in [4.69, 9.17) is 4.74 Å². The molecule has 4 aromatic rings. The van der Waals surface area contributed by atoms with Crippen LogP contribution < -0.4 is 21.1 Å². The largest absolute Gasteiger partial charge is 0.378 e. The first-order chi connectivity index (χ1) is 19.6. The van der Waals surface area contributed by atoms with E-state index < -0.39 is 0 Å². The summed E-state index contributed by atoms with van der Waals surface area (Å²) < 4.78 is 6.94. The van der Waals surface area contributed by atoms with Gasteiger partial charge in [0.25, 0.3) is 11.5 Å². The van der Waals surface area contributed by atoms with Gasteiger partial charge in [0.15, 0.2) is 11.6 Å². The Morgan fingerprint density at radius 2 is 1.68 bits per heavy atom. The Morgan fingerprint density at radius 3 is 2.34 bits per heavy atom. The summed E-state index contributed by atoms with van der Waals surface area (Å²) in [5.41, 5.74) is 5.31. The number of carbonyl (C=O) groups excluding carboxylic acids is 1. The van der Waals surface area contributed by atoms with E-state index in [1.165, 1.54) is 10.1 Å². The molecule has 0 atom stereocenters. The predicted octanol–water partition coefficient (Wildman–Crippen LogP) is 5.28. The molecule has 1 aliphatic rings. The van der Waals surface area contributed by atoms with Gasteiger partial charge in [0.1, 0.15) is 5.69 Å². The number of rotatable bonds is 6. The highest BCUT2D eigenvalue weighted by Crippen LogP contribution is 2.30. The van der Waals surface area contributed by atoms with Gasteiger partial charge in [-0.1, -0.05) is 45.0 Å². The van der Waals surface area contributed by atoms with Crippen molar-refractivity contribution in [2.24, 2.45) is 7.05 Å². The summed E-state index contributed by atoms with van der Waals surface area (Å²) in [7, 11) is 1.71. The number of nitrogens with one attached hydrogen (secondary N) is 2. The Balaban J connectivity index is 1.37. The zero-order valence-corrected chi connectivity index (χ0v) is 24.2. The number of anilines is 4. The molecule has 0 radical (unpaired) electrons. The predicted molar refractivity (Wildman–Crippen MR) is 163 cm³/mol. The fourth-order valence-corrected chi connectivity index (χ4v) is 4.84. The second kappa shape index (κ2) is 11.5. The summed E-state index contributed by atoms with van der Waals surface area (Å²) >= 11 is 0. The first-order valence-electron chi connectivity index (χ1n) is 13.8. The molecular weight excluding hydrogens is 516 g/mol. The molecule has 1 saturated heterocycles. The first-order valence-corrected chi connectivity index (χ1v) is 13.8. The van der Waals surface area contributed by atoms with Gasteiger partial charge in [0.05, 0.1) is 13.2 Å². The van der Waals surface area contributed by atoms with Gasteiger partial charge in [-0.3, -0.25) is 9.59 Å². The smallest absolute Gasteiger partial charge is 0.274 e. The third-order valence-corrected chi connectivity index (χ3v) is 7.34. The van der Waals surface area contributed by atoms with Gasteiger partial charge in [-0.05, 0) is 65.4 Å². The minimum Gasteiger partial charge on any atom is -0.378 e. The number of nitrogens with zero attached hydrogens (tertiary/aromatic N) is 4. The number of benzene rings is 2. The van der Waals surface area contributed by atoms with Crippen LogP contribution in [0.3, 0.4) is 0 Å². The van der Waals surface area contributed by atoms with Crippen LogP contribution in [0.25, 0.3) is 11.1 Å². The Kier molecular flexibility index (Phi) is 7.90. The minimum atomic E-state index is -0.186. The Bertz CT molecular complexity index is 1600. The molecule has 0 unspecified atom stereocenters. The summed E-state index contributed by atoms with van der Waals surface area (Å²) in [6, 6.07) is 19.0. The van der Waals surface area contributed by atoms with Crippen LogP contribution in [-0.2, 0) is 17.2 Å². The summed E-state index contributed by atoms with van der Waals surface area (Å²) in [6.45, 7) is 11.3. The van der Waals surface area contributed by atoms with E-state index in [1.54, 1.807) is 19.3 Å². The first kappa shape index (κ1) is 28.0. The van der Waals surface area contributed by atoms with Crippen molar-refractivity contribution < 1.29 is 9.53 Å². The SMILES string of the molecule is Cc1c(NC(=O)c2ccc(C(C)(C)C)cc2)cccc1-c1cc(Nc2ccc(N3CCOCC3)nn2)c(=O)n(C)c1. The van der Waals surface area contributed by atoms with E-state index in [0.717, 1.165) is 35.6 Å². The summed E-state index contributed by atoms with van der Waals surface area (Å²) in [5.74, 6) is 1.08. The van der Waals surface area contributed by atoms with E-state index in [2.05, 4.69) is 46.5 Å². The highest BCUT2D eigenvalue weighted by molar-refractivity contribution is 6.05. The monoisotopic (exact) mass is 552 g/mol. The molecule has 1 aliphatic heterocycles. The van der Waals surface area contributed by atoms with Gasteiger partial charge in [-0.15, -0.1) is 10.2 Å². The fourth-order valence-electron chi connectivity index (χ4n) is 4.84. The number of carbonyl (C=O) groups is 1. The second-order valence-corrected chi connectivity index (χ2v) is 11.3. The topological polar surface area (TPSA) is 101 Å². The van der Waals surface area contributed by atoms with Crippen LogP contribution in [0, 0.1) is 6.92 Å². The number of hydrogen-bond donors (Lipinski definition) is 2. The Labute approximate surface area is 240 Å². The van der Waals surface area contributed by atoms with E-state index in [1.807, 2.05) is 61.5 Å². The van der Waals surface area contributed by atoms with Crippen LogP contribution in [0.4, 0.5) is 23.0 Å². The number of aryl methyl sites for hydroxylation is 1. The zero-order valence-electron chi connectivity index (χ0n) is 24.2. The number of ether oxygens (including phenoxy) is 1. The van der Waals surface area contributed by atoms with Gasteiger partial charge >= 0.3 is 0 Å². The molecule has 2 N–H and O–H groups in total. The maximum atomic E-state index is 13.1. The average molecular weight is 553 g/mol. The normalized spacial score (nSPS) is 13.6. The molecule has 3 heterocycles. The summed E-state index contributed by atoms with van der Waals surface area (Å²) in [5, 5.41) is 14.8.